The zero-order valence-corrected chi connectivity index (χ0v) is 11.3. The van der Waals surface area contributed by atoms with Crippen LogP contribution in [0.1, 0.15) is 21.9 Å². The molecular weight excluding hydrogens is 286 g/mol. The van der Waals surface area contributed by atoms with E-state index in [4.69, 9.17) is 0 Å². The van der Waals surface area contributed by atoms with Crippen LogP contribution in [0.4, 0.5) is 5.69 Å². The fraction of sp³-hybridized carbons (Fsp3) is 0.300. The molecule has 6 nitrogen and oxygen atoms in total. The van der Waals surface area contributed by atoms with Crippen LogP contribution in [0.25, 0.3) is 0 Å². The summed E-state index contributed by atoms with van der Waals surface area (Å²) in [6.07, 6.45) is 1.54. The molecule has 2 heterocycles. The molecule has 0 saturated carbocycles. The first kappa shape index (κ1) is 11.8. The SMILES string of the molecule is Cc1nn(C)c(C)c1NC(=O)c1[nH]ncc1Br. The zero-order chi connectivity index (χ0) is 12.6. The first-order chi connectivity index (χ1) is 8.00. The number of hydrogen-bond donors (Lipinski definition) is 2. The second-order valence-corrected chi connectivity index (χ2v) is 4.57. The Morgan fingerprint density at radius 3 is 2.71 bits per heavy atom. The molecule has 0 aliphatic carbocycles. The van der Waals surface area contributed by atoms with Gasteiger partial charge in [-0.1, -0.05) is 0 Å². The van der Waals surface area contributed by atoms with Gasteiger partial charge in [-0.25, -0.2) is 0 Å². The summed E-state index contributed by atoms with van der Waals surface area (Å²) in [4.78, 5) is 12.0. The molecule has 0 unspecified atom stereocenters. The summed E-state index contributed by atoms with van der Waals surface area (Å²) in [7, 11) is 1.84. The summed E-state index contributed by atoms with van der Waals surface area (Å²) < 4.78 is 2.36. The Kier molecular flexibility index (Phi) is 3.01. The van der Waals surface area contributed by atoms with Crippen molar-refractivity contribution in [2.45, 2.75) is 13.8 Å². The quantitative estimate of drug-likeness (QED) is 0.887. The van der Waals surface area contributed by atoms with E-state index in [-0.39, 0.29) is 5.91 Å². The number of rotatable bonds is 2. The van der Waals surface area contributed by atoms with E-state index in [0.717, 1.165) is 17.1 Å². The lowest BCUT2D eigenvalue weighted by Gasteiger charge is -2.04. The second-order valence-electron chi connectivity index (χ2n) is 3.72. The summed E-state index contributed by atoms with van der Waals surface area (Å²) in [6, 6.07) is 0. The Labute approximate surface area is 107 Å². The Hall–Kier alpha value is -1.63. The minimum absolute atomic E-state index is 0.242. The highest BCUT2D eigenvalue weighted by Crippen LogP contribution is 2.20. The third kappa shape index (κ3) is 2.10. The van der Waals surface area contributed by atoms with E-state index in [1.165, 1.54) is 6.20 Å². The van der Waals surface area contributed by atoms with E-state index in [1.807, 2.05) is 20.9 Å². The van der Waals surface area contributed by atoms with Gasteiger partial charge in [0.2, 0.25) is 0 Å². The molecule has 7 heteroatoms. The van der Waals surface area contributed by atoms with E-state index < -0.39 is 0 Å². The lowest BCUT2D eigenvalue weighted by molar-refractivity contribution is 0.102. The van der Waals surface area contributed by atoms with Crippen molar-refractivity contribution in [2.24, 2.45) is 7.05 Å². The highest BCUT2D eigenvalue weighted by molar-refractivity contribution is 9.10. The molecule has 2 rings (SSSR count). The molecule has 0 fully saturated rings. The van der Waals surface area contributed by atoms with Gasteiger partial charge in [-0.15, -0.1) is 0 Å². The van der Waals surface area contributed by atoms with E-state index >= 15 is 0 Å². The van der Waals surface area contributed by atoms with Gasteiger partial charge in [0, 0.05) is 7.05 Å². The molecular formula is C10H12BrN5O. The van der Waals surface area contributed by atoms with Crippen molar-refractivity contribution in [2.75, 3.05) is 5.32 Å². The van der Waals surface area contributed by atoms with Crippen molar-refractivity contribution in [3.8, 4) is 0 Å². The molecule has 2 N–H and O–H groups in total. The molecule has 0 aromatic carbocycles. The summed E-state index contributed by atoms with van der Waals surface area (Å²) >= 11 is 3.25. The number of hydrogen-bond acceptors (Lipinski definition) is 3. The molecule has 2 aromatic rings. The maximum Gasteiger partial charge on any atom is 0.274 e. The number of aromatic amines is 1. The fourth-order valence-corrected chi connectivity index (χ4v) is 1.93. The van der Waals surface area contributed by atoms with Gasteiger partial charge < -0.3 is 5.32 Å². The van der Waals surface area contributed by atoms with Crippen LogP contribution in [0.15, 0.2) is 10.7 Å². The first-order valence-electron chi connectivity index (χ1n) is 5.01. The average Bonchev–Trinajstić information content (AvgIpc) is 2.78. The number of aryl methyl sites for hydroxylation is 2. The molecule has 2 aromatic heterocycles. The lowest BCUT2D eigenvalue weighted by Crippen LogP contribution is -2.14. The second kappa shape index (κ2) is 4.33. The van der Waals surface area contributed by atoms with Gasteiger partial charge in [0.25, 0.3) is 5.91 Å². The Morgan fingerprint density at radius 1 is 1.53 bits per heavy atom. The van der Waals surface area contributed by atoms with E-state index in [1.54, 1.807) is 4.68 Å². The van der Waals surface area contributed by atoms with Crippen molar-refractivity contribution >= 4 is 27.5 Å². The van der Waals surface area contributed by atoms with Gasteiger partial charge in [-0.3, -0.25) is 14.6 Å². The minimum atomic E-state index is -0.242. The van der Waals surface area contributed by atoms with Crippen molar-refractivity contribution in [3.05, 3.63) is 27.8 Å². The molecule has 0 aliphatic heterocycles. The highest BCUT2D eigenvalue weighted by Gasteiger charge is 2.16. The molecule has 0 radical (unpaired) electrons. The van der Waals surface area contributed by atoms with Crippen LogP contribution in [0, 0.1) is 13.8 Å². The number of aromatic nitrogens is 4. The van der Waals surface area contributed by atoms with E-state index in [9.17, 15) is 4.79 Å². The van der Waals surface area contributed by atoms with E-state index in [2.05, 4.69) is 36.5 Å². The molecule has 0 aliphatic rings. The van der Waals surface area contributed by atoms with Crippen LogP contribution in [0.3, 0.4) is 0 Å². The first-order valence-corrected chi connectivity index (χ1v) is 5.80. The monoisotopic (exact) mass is 297 g/mol. The molecule has 1 amide bonds. The van der Waals surface area contributed by atoms with Crippen LogP contribution in [-0.4, -0.2) is 25.9 Å². The number of anilines is 1. The van der Waals surface area contributed by atoms with Gasteiger partial charge in [0.05, 0.1) is 27.7 Å². The third-order valence-electron chi connectivity index (χ3n) is 2.57. The van der Waals surface area contributed by atoms with Crippen LogP contribution in [0.2, 0.25) is 0 Å². The fourth-order valence-electron chi connectivity index (χ4n) is 1.56. The van der Waals surface area contributed by atoms with Crippen LogP contribution >= 0.6 is 15.9 Å². The summed E-state index contributed by atoms with van der Waals surface area (Å²) in [5.41, 5.74) is 2.83. The van der Waals surface area contributed by atoms with Crippen LogP contribution in [0.5, 0.6) is 0 Å². The number of carbonyl (C=O) groups is 1. The van der Waals surface area contributed by atoms with Crippen LogP contribution in [-0.2, 0) is 7.05 Å². The van der Waals surface area contributed by atoms with E-state index in [0.29, 0.717) is 10.2 Å². The van der Waals surface area contributed by atoms with Gasteiger partial charge in [0.1, 0.15) is 5.69 Å². The Balaban J connectivity index is 2.28. The molecule has 0 atom stereocenters. The van der Waals surface area contributed by atoms with Crippen molar-refractivity contribution in [3.63, 3.8) is 0 Å². The molecule has 17 heavy (non-hydrogen) atoms. The molecule has 0 bridgehead atoms. The summed E-state index contributed by atoms with van der Waals surface area (Å²) in [5, 5.41) is 13.5. The van der Waals surface area contributed by atoms with Crippen molar-refractivity contribution in [1.29, 1.82) is 0 Å². The summed E-state index contributed by atoms with van der Waals surface area (Å²) in [5.74, 6) is -0.242. The maximum atomic E-state index is 12.0. The molecule has 0 saturated heterocycles. The standard InChI is InChI=1S/C10H12BrN5O/c1-5-8(6(2)16(3)15-5)13-10(17)9-7(11)4-12-14-9/h4H,1-3H3,(H,12,14)(H,13,17). The average molecular weight is 298 g/mol. The minimum Gasteiger partial charge on any atom is -0.317 e. The predicted octanol–water partition coefficient (Wildman–Crippen LogP) is 1.77. The number of halogens is 1. The van der Waals surface area contributed by atoms with Gasteiger partial charge in [-0.05, 0) is 29.8 Å². The zero-order valence-electron chi connectivity index (χ0n) is 9.71. The van der Waals surface area contributed by atoms with Gasteiger partial charge in [0.15, 0.2) is 0 Å². The topological polar surface area (TPSA) is 75.6 Å². The van der Waals surface area contributed by atoms with Crippen molar-refractivity contribution in [1.82, 2.24) is 20.0 Å². The largest absolute Gasteiger partial charge is 0.317 e. The number of amides is 1. The molecule has 90 valence electrons. The number of H-pyrrole nitrogens is 1. The van der Waals surface area contributed by atoms with Crippen LogP contribution < -0.4 is 5.32 Å². The Morgan fingerprint density at radius 2 is 2.24 bits per heavy atom. The maximum absolute atomic E-state index is 12.0. The highest BCUT2D eigenvalue weighted by atomic mass is 79.9. The lowest BCUT2D eigenvalue weighted by atomic mass is 10.3. The number of carbonyl (C=O) groups excluding carboxylic acids is 1. The Bertz CT molecular complexity index is 571. The van der Waals surface area contributed by atoms with Gasteiger partial charge >= 0.3 is 0 Å². The molecule has 0 spiro atoms. The normalized spacial score (nSPS) is 10.6. The van der Waals surface area contributed by atoms with Gasteiger partial charge in [-0.2, -0.15) is 10.2 Å². The summed E-state index contributed by atoms with van der Waals surface area (Å²) in [6.45, 7) is 3.75. The number of nitrogens with zero attached hydrogens (tertiary/aromatic N) is 3. The van der Waals surface area contributed by atoms with Crippen molar-refractivity contribution < 1.29 is 4.79 Å². The number of nitrogens with one attached hydrogen (secondary N) is 2. The third-order valence-corrected chi connectivity index (χ3v) is 3.17. The smallest absolute Gasteiger partial charge is 0.274 e. The predicted molar refractivity (Wildman–Crippen MR) is 66.9 cm³/mol.